The van der Waals surface area contributed by atoms with Crippen LogP contribution in [-0.2, 0) is 14.2 Å². The molecule has 2 atom stereocenters. The summed E-state index contributed by atoms with van der Waals surface area (Å²) in [5.74, 6) is 0.816. The summed E-state index contributed by atoms with van der Waals surface area (Å²) in [5.41, 5.74) is 6.49. The highest BCUT2D eigenvalue weighted by Crippen LogP contribution is 2.34. The topological polar surface area (TPSA) is 53.7 Å². The molecule has 4 nitrogen and oxygen atoms in total. The van der Waals surface area contributed by atoms with Crippen molar-refractivity contribution in [2.75, 3.05) is 40.1 Å². The van der Waals surface area contributed by atoms with Crippen molar-refractivity contribution in [3.05, 3.63) is 0 Å². The van der Waals surface area contributed by atoms with Gasteiger partial charge >= 0.3 is 0 Å². The average Bonchev–Trinajstić information content (AvgIpc) is 2.41. The Morgan fingerprint density at radius 2 is 1.79 bits per heavy atom. The van der Waals surface area contributed by atoms with E-state index in [1.807, 2.05) is 0 Å². The number of hydrogen-bond acceptors (Lipinski definition) is 4. The SMILES string of the molecule is CCC1CCCC(N)(CCOCCOCCOC)C1. The van der Waals surface area contributed by atoms with Crippen molar-refractivity contribution in [3.63, 3.8) is 0 Å². The van der Waals surface area contributed by atoms with Crippen molar-refractivity contribution in [1.29, 1.82) is 0 Å². The second-order valence-corrected chi connectivity index (χ2v) is 5.70. The molecule has 19 heavy (non-hydrogen) atoms. The molecule has 114 valence electrons. The van der Waals surface area contributed by atoms with E-state index in [1.54, 1.807) is 7.11 Å². The maximum atomic E-state index is 6.48. The van der Waals surface area contributed by atoms with Gasteiger partial charge in [0, 0.05) is 19.3 Å². The van der Waals surface area contributed by atoms with Crippen LogP contribution in [0.5, 0.6) is 0 Å². The van der Waals surface area contributed by atoms with Gasteiger partial charge in [-0.25, -0.2) is 0 Å². The van der Waals surface area contributed by atoms with Crippen LogP contribution in [0.25, 0.3) is 0 Å². The summed E-state index contributed by atoms with van der Waals surface area (Å²) in [6, 6.07) is 0. The third-order valence-electron chi connectivity index (χ3n) is 4.11. The number of hydrogen-bond donors (Lipinski definition) is 1. The lowest BCUT2D eigenvalue weighted by Crippen LogP contribution is -2.45. The second kappa shape index (κ2) is 9.70. The van der Waals surface area contributed by atoms with Gasteiger partial charge in [0.1, 0.15) is 0 Å². The van der Waals surface area contributed by atoms with E-state index in [-0.39, 0.29) is 5.54 Å². The first-order valence-corrected chi connectivity index (χ1v) is 7.63. The molecule has 1 saturated carbocycles. The van der Waals surface area contributed by atoms with E-state index in [2.05, 4.69) is 6.92 Å². The quantitative estimate of drug-likeness (QED) is 0.621. The van der Waals surface area contributed by atoms with Gasteiger partial charge in [0.05, 0.1) is 26.4 Å². The fourth-order valence-corrected chi connectivity index (χ4v) is 2.84. The van der Waals surface area contributed by atoms with Crippen LogP contribution in [0, 0.1) is 5.92 Å². The predicted molar refractivity (Wildman–Crippen MR) is 77.3 cm³/mol. The molecule has 0 heterocycles. The molecule has 0 saturated heterocycles. The van der Waals surface area contributed by atoms with Gasteiger partial charge < -0.3 is 19.9 Å². The minimum Gasteiger partial charge on any atom is -0.382 e. The molecule has 2 N–H and O–H groups in total. The van der Waals surface area contributed by atoms with Crippen LogP contribution in [0.4, 0.5) is 0 Å². The lowest BCUT2D eigenvalue weighted by atomic mass is 9.74. The lowest BCUT2D eigenvalue weighted by Gasteiger charge is -2.37. The zero-order valence-electron chi connectivity index (χ0n) is 12.7. The average molecular weight is 273 g/mol. The molecular formula is C15H31NO3. The standard InChI is InChI=1S/C15H31NO3/c1-3-14-5-4-6-15(16,13-14)7-8-18-11-12-19-10-9-17-2/h14H,3-13,16H2,1-2H3. The molecule has 1 rings (SSSR count). The summed E-state index contributed by atoms with van der Waals surface area (Å²) < 4.78 is 15.8. The van der Waals surface area contributed by atoms with E-state index in [0.717, 1.165) is 31.8 Å². The number of nitrogens with two attached hydrogens (primary N) is 1. The Morgan fingerprint density at radius 3 is 2.47 bits per heavy atom. The summed E-state index contributed by atoms with van der Waals surface area (Å²) in [7, 11) is 1.67. The van der Waals surface area contributed by atoms with Crippen LogP contribution in [0.3, 0.4) is 0 Å². The minimum absolute atomic E-state index is 0.00976. The molecule has 4 heteroatoms. The van der Waals surface area contributed by atoms with Crippen molar-refractivity contribution < 1.29 is 14.2 Å². The third-order valence-corrected chi connectivity index (χ3v) is 4.11. The van der Waals surface area contributed by atoms with Crippen LogP contribution in [-0.4, -0.2) is 45.7 Å². The highest BCUT2D eigenvalue weighted by atomic mass is 16.5. The van der Waals surface area contributed by atoms with Gasteiger partial charge in [0.25, 0.3) is 0 Å². The van der Waals surface area contributed by atoms with E-state index in [0.29, 0.717) is 26.4 Å². The van der Waals surface area contributed by atoms with Gasteiger partial charge in [0.15, 0.2) is 0 Å². The van der Waals surface area contributed by atoms with Gasteiger partial charge in [-0.1, -0.05) is 26.2 Å². The Labute approximate surface area is 118 Å². The fraction of sp³-hybridized carbons (Fsp3) is 1.00. The molecule has 0 aliphatic heterocycles. The zero-order chi connectivity index (χ0) is 14.0. The van der Waals surface area contributed by atoms with Crippen LogP contribution in [0.15, 0.2) is 0 Å². The normalized spacial score (nSPS) is 27.6. The van der Waals surface area contributed by atoms with Gasteiger partial charge in [-0.15, -0.1) is 0 Å². The molecule has 0 aromatic rings. The number of methoxy groups -OCH3 is 1. The Hall–Kier alpha value is -0.160. The largest absolute Gasteiger partial charge is 0.382 e. The Balaban J connectivity index is 2.01. The summed E-state index contributed by atoms with van der Waals surface area (Å²) >= 11 is 0. The molecule has 1 aliphatic rings. The van der Waals surface area contributed by atoms with Crippen LogP contribution >= 0.6 is 0 Å². The highest BCUT2D eigenvalue weighted by Gasteiger charge is 2.31. The molecule has 0 bridgehead atoms. The first kappa shape index (κ1) is 16.9. The lowest BCUT2D eigenvalue weighted by molar-refractivity contribution is 0.0182. The van der Waals surface area contributed by atoms with Gasteiger partial charge in [-0.2, -0.15) is 0 Å². The maximum absolute atomic E-state index is 6.48. The van der Waals surface area contributed by atoms with Gasteiger partial charge in [0.2, 0.25) is 0 Å². The number of rotatable bonds is 10. The zero-order valence-corrected chi connectivity index (χ0v) is 12.7. The monoisotopic (exact) mass is 273 g/mol. The van der Waals surface area contributed by atoms with Crippen LogP contribution in [0.1, 0.15) is 45.4 Å². The first-order chi connectivity index (χ1) is 9.20. The van der Waals surface area contributed by atoms with E-state index in [4.69, 9.17) is 19.9 Å². The molecule has 0 aromatic carbocycles. The molecule has 1 aliphatic carbocycles. The molecule has 1 fully saturated rings. The summed E-state index contributed by atoms with van der Waals surface area (Å²) in [5, 5.41) is 0. The Kier molecular flexibility index (Phi) is 8.62. The summed E-state index contributed by atoms with van der Waals surface area (Å²) in [6.07, 6.45) is 7.17. The fourth-order valence-electron chi connectivity index (χ4n) is 2.84. The molecule has 0 amide bonds. The predicted octanol–water partition coefficient (Wildman–Crippen LogP) is 2.35. The van der Waals surface area contributed by atoms with Crippen molar-refractivity contribution in [1.82, 2.24) is 0 Å². The summed E-state index contributed by atoms with van der Waals surface area (Å²) in [6.45, 7) is 5.59. The van der Waals surface area contributed by atoms with Crippen molar-refractivity contribution in [2.24, 2.45) is 11.7 Å². The highest BCUT2D eigenvalue weighted by molar-refractivity contribution is 4.90. The molecular weight excluding hydrogens is 242 g/mol. The maximum Gasteiger partial charge on any atom is 0.0701 e. The van der Waals surface area contributed by atoms with Crippen molar-refractivity contribution in [2.45, 2.75) is 51.0 Å². The summed E-state index contributed by atoms with van der Waals surface area (Å²) in [4.78, 5) is 0. The number of ether oxygens (including phenoxy) is 3. The van der Waals surface area contributed by atoms with E-state index < -0.39 is 0 Å². The second-order valence-electron chi connectivity index (χ2n) is 5.70. The van der Waals surface area contributed by atoms with Crippen molar-refractivity contribution in [3.8, 4) is 0 Å². The molecule has 0 aromatic heterocycles. The van der Waals surface area contributed by atoms with Crippen LogP contribution < -0.4 is 5.73 Å². The molecule has 0 radical (unpaired) electrons. The van der Waals surface area contributed by atoms with E-state index in [9.17, 15) is 0 Å². The smallest absolute Gasteiger partial charge is 0.0701 e. The van der Waals surface area contributed by atoms with Crippen molar-refractivity contribution >= 4 is 0 Å². The van der Waals surface area contributed by atoms with E-state index >= 15 is 0 Å². The Morgan fingerprint density at radius 1 is 1.11 bits per heavy atom. The minimum atomic E-state index is 0.00976. The molecule has 0 spiro atoms. The first-order valence-electron chi connectivity index (χ1n) is 7.63. The van der Waals surface area contributed by atoms with Crippen LogP contribution in [0.2, 0.25) is 0 Å². The van der Waals surface area contributed by atoms with Gasteiger partial charge in [-0.05, 0) is 25.2 Å². The third kappa shape index (κ3) is 7.25. The molecule has 2 unspecified atom stereocenters. The van der Waals surface area contributed by atoms with Gasteiger partial charge in [-0.3, -0.25) is 0 Å². The Bertz CT molecular complexity index is 225. The van der Waals surface area contributed by atoms with E-state index in [1.165, 1.54) is 19.3 Å².